The third kappa shape index (κ3) is 4.25. The van der Waals surface area contributed by atoms with Crippen LogP contribution in [-0.2, 0) is 0 Å². The Balaban J connectivity index is 1.78. The van der Waals surface area contributed by atoms with E-state index in [1.165, 1.54) is 0 Å². The number of benzene rings is 3. The van der Waals surface area contributed by atoms with Crippen molar-refractivity contribution in [1.29, 1.82) is 5.26 Å². The summed E-state index contributed by atoms with van der Waals surface area (Å²) in [6.45, 7) is 3.86. The Hall–Kier alpha value is -3.91. The van der Waals surface area contributed by atoms with Gasteiger partial charge < -0.3 is 10.6 Å². The van der Waals surface area contributed by atoms with Crippen molar-refractivity contribution in [2.75, 3.05) is 10.6 Å². The number of anilines is 2. The summed E-state index contributed by atoms with van der Waals surface area (Å²) in [5, 5.41) is 14.6. The van der Waals surface area contributed by atoms with E-state index in [-0.39, 0.29) is 11.8 Å². The fourth-order valence-electron chi connectivity index (χ4n) is 2.87. The van der Waals surface area contributed by atoms with Gasteiger partial charge in [0, 0.05) is 22.5 Å². The minimum absolute atomic E-state index is 0.279. The van der Waals surface area contributed by atoms with Crippen molar-refractivity contribution in [2.24, 2.45) is 0 Å². The molecule has 0 radical (unpaired) electrons. The number of carbonyl (C=O) groups excluding carboxylic acids is 2. The molecule has 0 aliphatic rings. The lowest BCUT2D eigenvalue weighted by Crippen LogP contribution is -2.16. The number of hydrogen-bond donors (Lipinski definition) is 2. The van der Waals surface area contributed by atoms with Crippen LogP contribution in [0.3, 0.4) is 0 Å². The Morgan fingerprint density at radius 3 is 2.00 bits per heavy atom. The normalized spacial score (nSPS) is 10.0. The van der Waals surface area contributed by atoms with Crippen LogP contribution in [0.1, 0.15) is 37.4 Å². The topological polar surface area (TPSA) is 82.0 Å². The van der Waals surface area contributed by atoms with Gasteiger partial charge in [0.2, 0.25) is 0 Å². The second-order valence-corrected chi connectivity index (χ2v) is 6.45. The summed E-state index contributed by atoms with van der Waals surface area (Å²) in [5.74, 6) is -0.629. The molecule has 0 aliphatic carbocycles. The quantitative estimate of drug-likeness (QED) is 0.700. The van der Waals surface area contributed by atoms with Gasteiger partial charge >= 0.3 is 0 Å². The predicted molar refractivity (Wildman–Crippen MR) is 109 cm³/mol. The van der Waals surface area contributed by atoms with Gasteiger partial charge in [0.05, 0.1) is 11.6 Å². The molecular weight excluding hydrogens is 350 g/mol. The van der Waals surface area contributed by atoms with Crippen LogP contribution in [-0.4, -0.2) is 11.8 Å². The van der Waals surface area contributed by atoms with E-state index < -0.39 is 0 Å². The van der Waals surface area contributed by atoms with Crippen LogP contribution in [0.4, 0.5) is 11.4 Å². The minimum atomic E-state index is -0.350. The summed E-state index contributed by atoms with van der Waals surface area (Å²) in [4.78, 5) is 25.2. The number of nitrogens with one attached hydrogen (secondary N) is 2. The summed E-state index contributed by atoms with van der Waals surface area (Å²) >= 11 is 0. The summed E-state index contributed by atoms with van der Waals surface area (Å²) in [5.41, 5.74) is 4.45. The van der Waals surface area contributed by atoms with Crippen molar-refractivity contribution in [2.45, 2.75) is 13.8 Å². The molecule has 138 valence electrons. The summed E-state index contributed by atoms with van der Waals surface area (Å²) in [6.07, 6.45) is 0. The molecule has 0 atom stereocenters. The highest BCUT2D eigenvalue weighted by Gasteiger charge is 2.13. The highest BCUT2D eigenvalue weighted by Crippen LogP contribution is 2.21. The Morgan fingerprint density at radius 1 is 0.786 bits per heavy atom. The van der Waals surface area contributed by atoms with Crippen LogP contribution in [0.15, 0.2) is 66.7 Å². The second-order valence-electron chi connectivity index (χ2n) is 6.45. The second kappa shape index (κ2) is 8.19. The number of carbonyl (C=O) groups is 2. The molecule has 0 saturated heterocycles. The minimum Gasteiger partial charge on any atom is -0.322 e. The van der Waals surface area contributed by atoms with E-state index in [2.05, 4.69) is 10.6 Å². The lowest BCUT2D eigenvalue weighted by Gasteiger charge is -2.12. The molecule has 0 spiro atoms. The standard InChI is InChI=1S/C23H19N3O2/c1-15-6-3-7-16(2)21(15)26-23(28)19-10-5-9-18(13-19)22(27)25-20-11-4-8-17(12-20)14-24/h3-13H,1-2H3,(H,25,27)(H,26,28). The third-order valence-electron chi connectivity index (χ3n) is 4.36. The maximum absolute atomic E-state index is 12.7. The molecule has 2 amide bonds. The molecule has 0 fully saturated rings. The van der Waals surface area contributed by atoms with Gasteiger partial charge in [-0.15, -0.1) is 0 Å². The molecule has 0 bridgehead atoms. The van der Waals surface area contributed by atoms with Crippen LogP contribution in [0.25, 0.3) is 0 Å². The summed E-state index contributed by atoms with van der Waals surface area (Å²) in [7, 11) is 0. The van der Waals surface area contributed by atoms with Gasteiger partial charge in [-0.3, -0.25) is 9.59 Å². The first-order valence-corrected chi connectivity index (χ1v) is 8.77. The predicted octanol–water partition coefficient (Wildman–Crippen LogP) is 4.68. The Bertz CT molecular complexity index is 1080. The van der Waals surface area contributed by atoms with Gasteiger partial charge in [-0.1, -0.05) is 30.3 Å². The number of nitriles is 1. The van der Waals surface area contributed by atoms with E-state index in [1.54, 1.807) is 48.5 Å². The number of hydrogen-bond acceptors (Lipinski definition) is 3. The van der Waals surface area contributed by atoms with Gasteiger partial charge in [-0.2, -0.15) is 5.26 Å². The van der Waals surface area contributed by atoms with Crippen molar-refractivity contribution in [3.63, 3.8) is 0 Å². The SMILES string of the molecule is Cc1cccc(C)c1NC(=O)c1cccc(C(=O)Nc2cccc(C#N)c2)c1. The first-order chi connectivity index (χ1) is 13.5. The van der Waals surface area contributed by atoms with E-state index in [0.29, 0.717) is 22.4 Å². The van der Waals surface area contributed by atoms with Crippen molar-refractivity contribution in [3.8, 4) is 6.07 Å². The van der Waals surface area contributed by atoms with Crippen LogP contribution in [0.2, 0.25) is 0 Å². The fraction of sp³-hybridized carbons (Fsp3) is 0.0870. The number of amides is 2. The summed E-state index contributed by atoms with van der Waals surface area (Å²) in [6, 6.07) is 21.0. The van der Waals surface area contributed by atoms with Gasteiger partial charge in [0.1, 0.15) is 0 Å². The zero-order valence-electron chi connectivity index (χ0n) is 15.6. The van der Waals surface area contributed by atoms with E-state index in [0.717, 1.165) is 16.8 Å². The first-order valence-electron chi connectivity index (χ1n) is 8.77. The largest absolute Gasteiger partial charge is 0.322 e. The van der Waals surface area contributed by atoms with Gasteiger partial charge in [-0.25, -0.2) is 0 Å². The lowest BCUT2D eigenvalue weighted by molar-refractivity contribution is 0.102. The Labute approximate surface area is 163 Å². The molecule has 5 heteroatoms. The molecule has 0 aliphatic heterocycles. The van der Waals surface area contributed by atoms with Gasteiger partial charge in [-0.05, 0) is 61.4 Å². The molecule has 0 aromatic heterocycles. The third-order valence-corrected chi connectivity index (χ3v) is 4.36. The number of para-hydroxylation sites is 1. The number of aryl methyl sites for hydroxylation is 2. The number of rotatable bonds is 4. The van der Waals surface area contributed by atoms with Gasteiger partial charge in [0.25, 0.3) is 11.8 Å². The average molecular weight is 369 g/mol. The Kier molecular flexibility index (Phi) is 5.52. The molecule has 2 N–H and O–H groups in total. The van der Waals surface area contributed by atoms with Crippen LogP contribution >= 0.6 is 0 Å². The highest BCUT2D eigenvalue weighted by atomic mass is 16.2. The molecule has 3 aromatic rings. The molecule has 0 heterocycles. The van der Waals surface area contributed by atoms with E-state index in [1.807, 2.05) is 38.1 Å². The monoisotopic (exact) mass is 369 g/mol. The van der Waals surface area contributed by atoms with Crippen LogP contribution < -0.4 is 10.6 Å². The molecule has 3 aromatic carbocycles. The molecule has 0 saturated carbocycles. The van der Waals surface area contributed by atoms with E-state index >= 15 is 0 Å². The fourth-order valence-corrected chi connectivity index (χ4v) is 2.87. The van der Waals surface area contributed by atoms with Gasteiger partial charge in [0.15, 0.2) is 0 Å². The van der Waals surface area contributed by atoms with Crippen molar-refractivity contribution in [3.05, 3.63) is 94.5 Å². The van der Waals surface area contributed by atoms with E-state index in [4.69, 9.17) is 5.26 Å². The van der Waals surface area contributed by atoms with E-state index in [9.17, 15) is 9.59 Å². The number of nitrogens with zero attached hydrogens (tertiary/aromatic N) is 1. The molecular formula is C23H19N3O2. The van der Waals surface area contributed by atoms with Crippen LogP contribution in [0.5, 0.6) is 0 Å². The molecule has 28 heavy (non-hydrogen) atoms. The summed E-state index contributed by atoms with van der Waals surface area (Å²) < 4.78 is 0. The smallest absolute Gasteiger partial charge is 0.255 e. The molecule has 0 unspecified atom stereocenters. The maximum Gasteiger partial charge on any atom is 0.255 e. The zero-order chi connectivity index (χ0) is 20.1. The molecule has 5 nitrogen and oxygen atoms in total. The average Bonchev–Trinajstić information content (AvgIpc) is 2.71. The van der Waals surface area contributed by atoms with Crippen LogP contribution in [0, 0.1) is 25.2 Å². The zero-order valence-corrected chi connectivity index (χ0v) is 15.6. The first kappa shape index (κ1) is 18.9. The van der Waals surface area contributed by atoms with Crippen molar-refractivity contribution >= 4 is 23.2 Å². The highest BCUT2D eigenvalue weighted by molar-refractivity contribution is 6.09. The Morgan fingerprint density at radius 2 is 1.36 bits per heavy atom. The maximum atomic E-state index is 12.7. The van der Waals surface area contributed by atoms with Crippen molar-refractivity contribution in [1.82, 2.24) is 0 Å². The lowest BCUT2D eigenvalue weighted by atomic mass is 10.1. The molecule has 3 rings (SSSR count). The van der Waals surface area contributed by atoms with Crippen molar-refractivity contribution < 1.29 is 9.59 Å².